The van der Waals surface area contributed by atoms with Crippen molar-refractivity contribution < 1.29 is 0 Å². The Bertz CT molecular complexity index is 673. The van der Waals surface area contributed by atoms with E-state index in [4.69, 9.17) is 0 Å². The van der Waals surface area contributed by atoms with E-state index in [1.54, 1.807) is 17.7 Å². The lowest BCUT2D eigenvalue weighted by Gasteiger charge is -2.04. The predicted octanol–water partition coefficient (Wildman–Crippen LogP) is 2.03. The van der Waals surface area contributed by atoms with Gasteiger partial charge in [0.1, 0.15) is 11.8 Å². The summed E-state index contributed by atoms with van der Waals surface area (Å²) in [7, 11) is 0. The molecule has 3 heterocycles. The Morgan fingerprint density at radius 2 is 2.21 bits per heavy atom. The van der Waals surface area contributed by atoms with E-state index in [2.05, 4.69) is 37.2 Å². The van der Waals surface area contributed by atoms with E-state index in [0.717, 1.165) is 35.7 Å². The van der Waals surface area contributed by atoms with Crippen LogP contribution in [0.1, 0.15) is 16.8 Å². The Balaban J connectivity index is 1.64. The van der Waals surface area contributed by atoms with E-state index in [-0.39, 0.29) is 0 Å². The summed E-state index contributed by atoms with van der Waals surface area (Å²) in [4.78, 5) is 21.2. The number of anilines is 1. The third-order valence-corrected chi connectivity index (χ3v) is 4.01. The lowest BCUT2D eigenvalue weighted by atomic mass is 10.4. The summed E-state index contributed by atoms with van der Waals surface area (Å²) in [6.07, 6.45) is 7.04. The number of H-pyrrole nitrogens is 1. The van der Waals surface area contributed by atoms with Crippen molar-refractivity contribution in [1.82, 2.24) is 24.9 Å². The number of rotatable bonds is 5. The van der Waals surface area contributed by atoms with E-state index >= 15 is 0 Å². The summed E-state index contributed by atoms with van der Waals surface area (Å²) >= 11 is 1.77. The molecule has 3 aromatic heterocycles. The van der Waals surface area contributed by atoms with Crippen LogP contribution in [0.5, 0.6) is 0 Å². The fourth-order valence-corrected chi connectivity index (χ4v) is 2.68. The maximum absolute atomic E-state index is 4.40. The van der Waals surface area contributed by atoms with Crippen LogP contribution in [0.25, 0.3) is 11.2 Å². The van der Waals surface area contributed by atoms with Gasteiger partial charge in [-0.3, -0.25) is 0 Å². The van der Waals surface area contributed by atoms with Gasteiger partial charge in [-0.1, -0.05) is 6.92 Å². The minimum Gasteiger partial charge on any atom is -0.368 e. The third-order valence-electron chi connectivity index (χ3n) is 2.80. The quantitative estimate of drug-likeness (QED) is 0.744. The van der Waals surface area contributed by atoms with Gasteiger partial charge >= 0.3 is 0 Å². The van der Waals surface area contributed by atoms with E-state index < -0.39 is 0 Å². The first kappa shape index (κ1) is 12.0. The van der Waals surface area contributed by atoms with Crippen molar-refractivity contribution in [2.75, 3.05) is 11.9 Å². The molecule has 3 rings (SSSR count). The highest BCUT2D eigenvalue weighted by molar-refractivity contribution is 7.11. The van der Waals surface area contributed by atoms with Crippen LogP contribution in [0, 0.1) is 0 Å². The van der Waals surface area contributed by atoms with Crippen molar-refractivity contribution in [3.63, 3.8) is 0 Å². The minimum atomic E-state index is 0.681. The number of thiazole rings is 1. The number of imidazole rings is 1. The summed E-state index contributed by atoms with van der Waals surface area (Å²) < 4.78 is 0. The molecule has 0 saturated carbocycles. The highest BCUT2D eigenvalue weighted by Gasteiger charge is 2.05. The summed E-state index contributed by atoms with van der Waals surface area (Å²) in [5.74, 6) is 0.787. The van der Waals surface area contributed by atoms with Gasteiger partial charge in [0.05, 0.1) is 11.3 Å². The molecule has 0 aliphatic rings. The lowest BCUT2D eigenvalue weighted by molar-refractivity contribution is 0.985. The molecule has 0 saturated heterocycles. The second-order valence-electron chi connectivity index (χ2n) is 4.07. The Labute approximate surface area is 114 Å². The Morgan fingerprint density at radius 1 is 1.26 bits per heavy atom. The molecule has 0 radical (unpaired) electrons. The molecule has 0 aromatic carbocycles. The molecule has 2 N–H and O–H groups in total. The molecule has 0 fully saturated rings. The second kappa shape index (κ2) is 5.31. The van der Waals surface area contributed by atoms with Crippen LogP contribution < -0.4 is 5.32 Å². The van der Waals surface area contributed by atoms with Crippen molar-refractivity contribution in [3.05, 3.63) is 28.7 Å². The summed E-state index contributed by atoms with van der Waals surface area (Å²) in [6, 6.07) is 0. The van der Waals surface area contributed by atoms with Crippen molar-refractivity contribution in [3.8, 4) is 0 Å². The van der Waals surface area contributed by atoms with Gasteiger partial charge < -0.3 is 10.3 Å². The summed E-state index contributed by atoms with van der Waals surface area (Å²) in [5.41, 5.74) is 1.52. The standard InChI is InChI=1S/C12H14N6S/c1-2-8-5-14-9(19-8)3-4-13-11-10-12(16-6-15-10)18-7-17-11/h5-7H,2-4H2,1H3,(H2,13,15,16,17,18). The first-order valence-corrected chi connectivity index (χ1v) is 7.00. The fraction of sp³-hybridized carbons (Fsp3) is 0.333. The predicted molar refractivity (Wildman–Crippen MR) is 75.4 cm³/mol. The number of aryl methyl sites for hydroxylation is 1. The Hall–Kier alpha value is -2.02. The number of nitrogens with one attached hydrogen (secondary N) is 2. The van der Waals surface area contributed by atoms with E-state index in [0.29, 0.717) is 5.65 Å². The highest BCUT2D eigenvalue weighted by Crippen LogP contribution is 2.16. The van der Waals surface area contributed by atoms with Gasteiger partial charge in [0.25, 0.3) is 0 Å². The van der Waals surface area contributed by atoms with E-state index in [1.807, 2.05) is 6.20 Å². The average molecular weight is 274 g/mol. The van der Waals surface area contributed by atoms with Crippen molar-refractivity contribution in [1.29, 1.82) is 0 Å². The molecule has 0 atom stereocenters. The SMILES string of the molecule is CCc1cnc(CCNc2ncnc3nc[nH]c23)s1. The topological polar surface area (TPSA) is 79.4 Å². The molecule has 19 heavy (non-hydrogen) atoms. The zero-order valence-corrected chi connectivity index (χ0v) is 11.4. The molecule has 0 aliphatic heterocycles. The molecule has 0 spiro atoms. The first-order chi connectivity index (χ1) is 9.36. The average Bonchev–Trinajstić information content (AvgIpc) is 3.07. The van der Waals surface area contributed by atoms with Crippen LogP contribution in [-0.4, -0.2) is 31.5 Å². The van der Waals surface area contributed by atoms with Crippen molar-refractivity contribution in [2.24, 2.45) is 0 Å². The van der Waals surface area contributed by atoms with E-state index in [1.165, 1.54) is 11.2 Å². The molecular weight excluding hydrogens is 260 g/mol. The highest BCUT2D eigenvalue weighted by atomic mass is 32.1. The molecule has 7 heteroatoms. The van der Waals surface area contributed by atoms with Crippen molar-refractivity contribution in [2.45, 2.75) is 19.8 Å². The van der Waals surface area contributed by atoms with Gasteiger partial charge in [-0.2, -0.15) is 0 Å². The lowest BCUT2D eigenvalue weighted by Crippen LogP contribution is -2.06. The molecule has 0 unspecified atom stereocenters. The van der Waals surface area contributed by atoms with Crippen LogP contribution in [0.4, 0.5) is 5.82 Å². The molecule has 0 amide bonds. The number of hydrogen-bond acceptors (Lipinski definition) is 6. The molecule has 0 bridgehead atoms. The van der Waals surface area contributed by atoms with Crippen molar-refractivity contribution >= 4 is 28.3 Å². The van der Waals surface area contributed by atoms with Gasteiger partial charge in [-0.25, -0.2) is 19.9 Å². The zero-order chi connectivity index (χ0) is 13.1. The molecule has 6 nitrogen and oxygen atoms in total. The molecule has 98 valence electrons. The Kier molecular flexibility index (Phi) is 3.37. The van der Waals surface area contributed by atoms with Crippen LogP contribution in [-0.2, 0) is 12.8 Å². The summed E-state index contributed by atoms with van der Waals surface area (Å²) in [5, 5.41) is 4.45. The number of hydrogen-bond donors (Lipinski definition) is 2. The fourth-order valence-electron chi connectivity index (χ4n) is 1.81. The van der Waals surface area contributed by atoms with Crippen LogP contribution in [0.3, 0.4) is 0 Å². The maximum atomic E-state index is 4.40. The van der Waals surface area contributed by atoms with Crippen LogP contribution in [0.2, 0.25) is 0 Å². The van der Waals surface area contributed by atoms with Crippen LogP contribution in [0.15, 0.2) is 18.9 Å². The van der Waals surface area contributed by atoms with Gasteiger partial charge in [-0.15, -0.1) is 11.3 Å². The van der Waals surface area contributed by atoms with Crippen LogP contribution >= 0.6 is 11.3 Å². The third kappa shape index (κ3) is 2.55. The number of aromatic nitrogens is 5. The second-order valence-corrected chi connectivity index (χ2v) is 5.27. The molecule has 3 aromatic rings. The van der Waals surface area contributed by atoms with Gasteiger partial charge in [0.2, 0.25) is 0 Å². The number of nitrogens with zero attached hydrogens (tertiary/aromatic N) is 4. The summed E-state index contributed by atoms with van der Waals surface area (Å²) in [6.45, 7) is 2.94. The number of aromatic amines is 1. The van der Waals surface area contributed by atoms with Gasteiger partial charge in [0.15, 0.2) is 11.5 Å². The van der Waals surface area contributed by atoms with E-state index in [9.17, 15) is 0 Å². The molecular formula is C12H14N6S. The largest absolute Gasteiger partial charge is 0.368 e. The minimum absolute atomic E-state index is 0.681. The smallest absolute Gasteiger partial charge is 0.182 e. The zero-order valence-electron chi connectivity index (χ0n) is 10.6. The molecule has 0 aliphatic carbocycles. The maximum Gasteiger partial charge on any atom is 0.182 e. The Morgan fingerprint density at radius 3 is 3.05 bits per heavy atom. The van der Waals surface area contributed by atoms with Gasteiger partial charge in [0, 0.05) is 24.0 Å². The van der Waals surface area contributed by atoms with Gasteiger partial charge in [-0.05, 0) is 6.42 Å². The first-order valence-electron chi connectivity index (χ1n) is 6.18. The normalized spacial score (nSPS) is 11.0. The number of fused-ring (bicyclic) bond motifs is 1. The monoisotopic (exact) mass is 274 g/mol.